The van der Waals surface area contributed by atoms with Gasteiger partial charge in [-0.05, 0) is 24.3 Å². The Bertz CT molecular complexity index is 661. The molecule has 0 spiro atoms. The third kappa shape index (κ3) is 3.13. The number of sulfonamides is 1. The van der Waals surface area contributed by atoms with Gasteiger partial charge in [0.1, 0.15) is 16.5 Å². The topological polar surface area (TPSA) is 89.3 Å². The first-order valence-corrected chi connectivity index (χ1v) is 7.55. The van der Waals surface area contributed by atoms with E-state index in [1.807, 2.05) is 6.92 Å². The third-order valence-electron chi connectivity index (χ3n) is 3.37. The summed E-state index contributed by atoms with van der Waals surface area (Å²) in [5.41, 5.74) is -0.538. The van der Waals surface area contributed by atoms with E-state index in [1.54, 1.807) is 0 Å². The molecule has 1 fully saturated rings. The number of carbonyl (C=O) groups excluding carboxylic acids is 1. The summed E-state index contributed by atoms with van der Waals surface area (Å²) in [5, 5.41) is 7.30. The van der Waals surface area contributed by atoms with Crippen molar-refractivity contribution in [1.29, 1.82) is 0 Å². The molecule has 1 saturated carbocycles. The molecule has 110 valence electrons. The second-order valence-electron chi connectivity index (χ2n) is 4.99. The second kappa shape index (κ2) is 5.10. The highest BCUT2D eigenvalue weighted by molar-refractivity contribution is 7.89. The van der Waals surface area contributed by atoms with E-state index in [-0.39, 0.29) is 0 Å². The molecule has 2 rings (SSSR count). The first-order valence-electron chi connectivity index (χ1n) is 6.00. The third-order valence-corrected chi connectivity index (χ3v) is 4.30. The average Bonchev–Trinajstić information content (AvgIpc) is 3.00. The Morgan fingerprint density at radius 3 is 2.50 bits per heavy atom. The number of nitrogens with one attached hydrogen (secondary N) is 1. The quantitative estimate of drug-likeness (QED) is 0.869. The van der Waals surface area contributed by atoms with E-state index in [9.17, 15) is 22.0 Å². The van der Waals surface area contributed by atoms with Gasteiger partial charge in [-0.2, -0.15) is 0 Å². The van der Waals surface area contributed by atoms with Gasteiger partial charge in [0.25, 0.3) is 5.91 Å². The molecule has 1 aliphatic carbocycles. The van der Waals surface area contributed by atoms with Crippen molar-refractivity contribution in [2.24, 2.45) is 17.0 Å². The maximum Gasteiger partial charge on any atom is 0.254 e. The van der Waals surface area contributed by atoms with Crippen molar-refractivity contribution in [3.63, 3.8) is 0 Å². The molecule has 0 aromatic heterocycles. The minimum Gasteiger partial charge on any atom is -0.352 e. The zero-order valence-electron chi connectivity index (χ0n) is 10.7. The smallest absolute Gasteiger partial charge is 0.254 e. The predicted molar refractivity (Wildman–Crippen MR) is 67.3 cm³/mol. The van der Waals surface area contributed by atoms with Gasteiger partial charge in [0.05, 0.1) is 5.56 Å². The van der Waals surface area contributed by atoms with Gasteiger partial charge in [0.15, 0.2) is 0 Å². The number of rotatable bonds is 4. The van der Waals surface area contributed by atoms with E-state index in [2.05, 4.69) is 5.32 Å². The fourth-order valence-electron chi connectivity index (χ4n) is 1.92. The first-order chi connectivity index (χ1) is 9.20. The summed E-state index contributed by atoms with van der Waals surface area (Å²) in [7, 11) is -4.36. The largest absolute Gasteiger partial charge is 0.352 e. The van der Waals surface area contributed by atoms with Gasteiger partial charge in [-0.1, -0.05) is 6.92 Å². The molecule has 1 aromatic rings. The number of hydrogen-bond acceptors (Lipinski definition) is 3. The molecule has 0 radical (unpaired) electrons. The van der Waals surface area contributed by atoms with Crippen molar-refractivity contribution in [3.05, 3.63) is 29.3 Å². The Hall–Kier alpha value is -1.54. The lowest BCUT2D eigenvalue weighted by molar-refractivity contribution is 0.0947. The maximum absolute atomic E-state index is 13.5. The summed E-state index contributed by atoms with van der Waals surface area (Å²) in [4.78, 5) is 10.9. The fourth-order valence-corrected chi connectivity index (χ4v) is 2.54. The molecule has 0 heterocycles. The van der Waals surface area contributed by atoms with Crippen molar-refractivity contribution < 1.29 is 22.0 Å². The van der Waals surface area contributed by atoms with E-state index >= 15 is 0 Å². The van der Waals surface area contributed by atoms with Crippen molar-refractivity contribution in [2.75, 3.05) is 6.54 Å². The Morgan fingerprint density at radius 1 is 1.40 bits per heavy atom. The monoisotopic (exact) mass is 304 g/mol. The van der Waals surface area contributed by atoms with Crippen LogP contribution in [0.4, 0.5) is 8.78 Å². The van der Waals surface area contributed by atoms with Crippen LogP contribution in [0.3, 0.4) is 0 Å². The SMILES string of the molecule is CC1CC1CNC(=O)c1cc(S(N)(=O)=O)c(F)cc1F. The predicted octanol–water partition coefficient (Wildman–Crippen LogP) is 0.998. The summed E-state index contributed by atoms with van der Waals surface area (Å²) in [5.74, 6) is -2.38. The zero-order valence-corrected chi connectivity index (χ0v) is 11.5. The standard InChI is InChI=1S/C12H14F2N2O3S/c1-6-2-7(6)5-16-12(17)8-3-11(20(15,18)19)10(14)4-9(8)13/h3-4,6-7H,2,5H2,1H3,(H,16,17)(H2,15,18,19). The van der Waals surface area contributed by atoms with Gasteiger partial charge >= 0.3 is 0 Å². The highest BCUT2D eigenvalue weighted by Gasteiger charge is 2.32. The Morgan fingerprint density at radius 2 is 2.00 bits per heavy atom. The normalized spacial score (nSPS) is 21.6. The van der Waals surface area contributed by atoms with Crippen molar-refractivity contribution in [2.45, 2.75) is 18.2 Å². The number of halogens is 2. The van der Waals surface area contributed by atoms with Crippen LogP contribution < -0.4 is 10.5 Å². The fraction of sp³-hybridized carbons (Fsp3) is 0.417. The minimum atomic E-state index is -4.36. The van der Waals surface area contributed by atoms with Gasteiger partial charge in [0, 0.05) is 12.6 Å². The van der Waals surface area contributed by atoms with E-state index in [0.717, 1.165) is 6.42 Å². The molecule has 1 aromatic carbocycles. The Kier molecular flexibility index (Phi) is 3.79. The lowest BCUT2D eigenvalue weighted by Gasteiger charge is -2.08. The molecular weight excluding hydrogens is 290 g/mol. The van der Waals surface area contributed by atoms with E-state index in [0.29, 0.717) is 30.5 Å². The molecule has 0 bridgehead atoms. The molecule has 0 aliphatic heterocycles. The van der Waals surface area contributed by atoms with E-state index in [4.69, 9.17) is 5.14 Å². The van der Waals surface area contributed by atoms with Crippen LogP contribution in [-0.2, 0) is 10.0 Å². The number of hydrogen-bond donors (Lipinski definition) is 2. The molecule has 3 N–H and O–H groups in total. The number of primary sulfonamides is 1. The van der Waals surface area contributed by atoms with Crippen LogP contribution in [-0.4, -0.2) is 20.9 Å². The van der Waals surface area contributed by atoms with Gasteiger partial charge in [-0.3, -0.25) is 4.79 Å². The van der Waals surface area contributed by atoms with Crippen LogP contribution in [0, 0.1) is 23.5 Å². The summed E-state index contributed by atoms with van der Waals surface area (Å²) in [6.07, 6.45) is 0.981. The van der Waals surface area contributed by atoms with Crippen LogP contribution in [0.5, 0.6) is 0 Å². The van der Waals surface area contributed by atoms with Gasteiger partial charge in [-0.15, -0.1) is 0 Å². The summed E-state index contributed by atoms with van der Waals surface area (Å²) in [6, 6.07) is 0.958. The molecule has 8 heteroatoms. The van der Waals surface area contributed by atoms with Crippen LogP contribution >= 0.6 is 0 Å². The Labute approximate surface area is 115 Å². The number of nitrogens with two attached hydrogens (primary N) is 1. The summed E-state index contributed by atoms with van der Waals surface area (Å²) in [6.45, 7) is 2.40. The molecule has 2 unspecified atom stereocenters. The van der Waals surface area contributed by atoms with Crippen LogP contribution in [0.15, 0.2) is 17.0 Å². The average molecular weight is 304 g/mol. The van der Waals surface area contributed by atoms with Crippen LogP contribution in [0.1, 0.15) is 23.7 Å². The first kappa shape index (κ1) is 14.9. The Balaban J connectivity index is 2.24. The summed E-state index contributed by atoms with van der Waals surface area (Å²) < 4.78 is 49.2. The molecule has 5 nitrogen and oxygen atoms in total. The van der Waals surface area contributed by atoms with Crippen LogP contribution in [0.2, 0.25) is 0 Å². The molecule has 0 saturated heterocycles. The minimum absolute atomic E-state index is 0.342. The zero-order chi connectivity index (χ0) is 15.1. The summed E-state index contributed by atoms with van der Waals surface area (Å²) >= 11 is 0. The van der Waals surface area contributed by atoms with Crippen LogP contribution in [0.25, 0.3) is 0 Å². The number of benzene rings is 1. The molecule has 2 atom stereocenters. The molecular formula is C12H14F2N2O3S. The number of amides is 1. The van der Waals surface area contributed by atoms with E-state index in [1.165, 1.54) is 0 Å². The second-order valence-corrected chi connectivity index (χ2v) is 6.52. The highest BCUT2D eigenvalue weighted by atomic mass is 32.2. The van der Waals surface area contributed by atoms with E-state index < -0.39 is 38.0 Å². The van der Waals surface area contributed by atoms with Crippen molar-refractivity contribution in [1.82, 2.24) is 5.32 Å². The number of carbonyl (C=O) groups is 1. The van der Waals surface area contributed by atoms with Gasteiger partial charge in [0.2, 0.25) is 10.0 Å². The lowest BCUT2D eigenvalue weighted by Crippen LogP contribution is -2.27. The van der Waals surface area contributed by atoms with Gasteiger partial charge in [-0.25, -0.2) is 22.3 Å². The van der Waals surface area contributed by atoms with Crippen molar-refractivity contribution in [3.8, 4) is 0 Å². The lowest BCUT2D eigenvalue weighted by atomic mass is 10.2. The molecule has 20 heavy (non-hydrogen) atoms. The highest BCUT2D eigenvalue weighted by Crippen LogP contribution is 2.36. The molecule has 1 amide bonds. The van der Waals surface area contributed by atoms with Crippen molar-refractivity contribution >= 4 is 15.9 Å². The maximum atomic E-state index is 13.5. The molecule has 1 aliphatic rings. The van der Waals surface area contributed by atoms with Gasteiger partial charge < -0.3 is 5.32 Å².